The molecular weight excluding hydrogens is 212 g/mol. The second kappa shape index (κ2) is 4.77. The van der Waals surface area contributed by atoms with Crippen LogP contribution in [0.3, 0.4) is 0 Å². The molecule has 0 atom stereocenters. The van der Waals surface area contributed by atoms with Crippen LogP contribution in [0.2, 0.25) is 0 Å². The van der Waals surface area contributed by atoms with Crippen molar-refractivity contribution in [2.75, 3.05) is 6.61 Å². The fourth-order valence-electron chi connectivity index (χ4n) is 0.999. The van der Waals surface area contributed by atoms with Crippen molar-refractivity contribution < 1.29 is 12.6 Å². The Morgan fingerprint density at radius 3 is 2.20 bits per heavy atom. The zero-order chi connectivity index (χ0) is 11.5. The zero-order valence-corrected chi connectivity index (χ0v) is 10.0. The Balaban J connectivity index is 2.82. The van der Waals surface area contributed by atoms with Crippen molar-refractivity contribution in [1.82, 2.24) is 0 Å². The Hall–Kier alpha value is -0.870. The van der Waals surface area contributed by atoms with Crippen molar-refractivity contribution in [2.45, 2.75) is 25.7 Å². The number of aryl methyl sites for hydroxylation is 1. The molecule has 1 rings (SSSR count). The molecule has 0 heterocycles. The van der Waals surface area contributed by atoms with E-state index in [-0.39, 0.29) is 17.4 Å². The van der Waals surface area contributed by atoms with Gasteiger partial charge in [0.05, 0.1) is 11.5 Å². The Kier molecular flexibility index (Phi) is 3.88. The fourth-order valence-corrected chi connectivity index (χ4v) is 2.06. The van der Waals surface area contributed by atoms with E-state index < -0.39 is 10.1 Å². The third-order valence-corrected chi connectivity index (χ3v) is 3.16. The van der Waals surface area contributed by atoms with E-state index >= 15 is 0 Å². The highest BCUT2D eigenvalue weighted by Crippen LogP contribution is 2.13. The molecule has 0 aliphatic carbocycles. The molecule has 4 heteroatoms. The Morgan fingerprint density at radius 1 is 1.20 bits per heavy atom. The van der Waals surface area contributed by atoms with Crippen molar-refractivity contribution in [3.63, 3.8) is 0 Å². The molecule has 0 spiro atoms. The van der Waals surface area contributed by atoms with Gasteiger partial charge >= 0.3 is 0 Å². The molecule has 0 aliphatic heterocycles. The fraction of sp³-hybridized carbons (Fsp3) is 0.455. The molecule has 0 unspecified atom stereocenters. The largest absolute Gasteiger partial charge is 0.296 e. The summed E-state index contributed by atoms with van der Waals surface area (Å²) in [7, 11) is -3.57. The lowest BCUT2D eigenvalue weighted by atomic mass is 10.2. The maximum atomic E-state index is 11.6. The molecule has 0 saturated carbocycles. The SMILES string of the molecule is Cc1ccc(S(=O)(=O)OCC(C)C)cc1. The van der Waals surface area contributed by atoms with Crippen molar-refractivity contribution in [2.24, 2.45) is 5.92 Å². The van der Waals surface area contributed by atoms with Gasteiger partial charge in [0.25, 0.3) is 10.1 Å². The highest BCUT2D eigenvalue weighted by atomic mass is 32.2. The van der Waals surface area contributed by atoms with Gasteiger partial charge < -0.3 is 0 Å². The summed E-state index contributed by atoms with van der Waals surface area (Å²) in [4.78, 5) is 0.216. The van der Waals surface area contributed by atoms with E-state index in [1.54, 1.807) is 24.3 Å². The molecule has 0 aliphatic rings. The van der Waals surface area contributed by atoms with Gasteiger partial charge in [-0.2, -0.15) is 8.42 Å². The normalized spacial score (nSPS) is 12.0. The summed E-state index contributed by atoms with van der Waals surface area (Å²) < 4.78 is 28.1. The molecule has 1 aromatic carbocycles. The molecule has 84 valence electrons. The average Bonchev–Trinajstić information content (AvgIpc) is 2.16. The van der Waals surface area contributed by atoms with Gasteiger partial charge in [0.15, 0.2) is 0 Å². The van der Waals surface area contributed by atoms with Crippen LogP contribution in [0.4, 0.5) is 0 Å². The van der Waals surface area contributed by atoms with Gasteiger partial charge in [0, 0.05) is 0 Å². The van der Waals surface area contributed by atoms with Gasteiger partial charge in [-0.1, -0.05) is 31.5 Å². The second-order valence-corrected chi connectivity index (χ2v) is 5.56. The van der Waals surface area contributed by atoms with Crippen molar-refractivity contribution in [1.29, 1.82) is 0 Å². The van der Waals surface area contributed by atoms with Gasteiger partial charge in [0.2, 0.25) is 0 Å². The van der Waals surface area contributed by atoms with Crippen LogP contribution in [-0.4, -0.2) is 15.0 Å². The van der Waals surface area contributed by atoms with Gasteiger partial charge in [-0.15, -0.1) is 0 Å². The van der Waals surface area contributed by atoms with Crippen LogP contribution >= 0.6 is 0 Å². The lowest BCUT2D eigenvalue weighted by molar-refractivity contribution is 0.275. The van der Waals surface area contributed by atoms with E-state index in [1.165, 1.54) is 0 Å². The average molecular weight is 228 g/mol. The van der Waals surface area contributed by atoms with E-state index in [2.05, 4.69) is 0 Å². The summed E-state index contributed by atoms with van der Waals surface area (Å²) >= 11 is 0. The number of benzene rings is 1. The number of hydrogen-bond acceptors (Lipinski definition) is 3. The highest BCUT2D eigenvalue weighted by molar-refractivity contribution is 7.86. The minimum absolute atomic E-state index is 0.199. The minimum Gasteiger partial charge on any atom is -0.266 e. The van der Waals surface area contributed by atoms with E-state index in [0.717, 1.165) is 5.56 Å². The van der Waals surface area contributed by atoms with Gasteiger partial charge in [0.1, 0.15) is 0 Å². The van der Waals surface area contributed by atoms with Crippen LogP contribution in [0.5, 0.6) is 0 Å². The predicted octanol–water partition coefficient (Wildman–Crippen LogP) is 2.36. The van der Waals surface area contributed by atoms with Crippen LogP contribution in [0, 0.1) is 12.8 Å². The number of hydrogen-bond donors (Lipinski definition) is 0. The molecule has 3 nitrogen and oxygen atoms in total. The molecule has 0 bridgehead atoms. The Labute approximate surface area is 91.2 Å². The molecule has 0 saturated heterocycles. The van der Waals surface area contributed by atoms with Crippen molar-refractivity contribution in [3.05, 3.63) is 29.8 Å². The first-order valence-corrected chi connectivity index (χ1v) is 6.29. The molecule has 0 radical (unpaired) electrons. The van der Waals surface area contributed by atoms with Crippen LogP contribution in [0.25, 0.3) is 0 Å². The predicted molar refractivity (Wildman–Crippen MR) is 59.2 cm³/mol. The van der Waals surface area contributed by atoms with Crippen molar-refractivity contribution >= 4 is 10.1 Å². The molecule has 0 amide bonds. The van der Waals surface area contributed by atoms with E-state index in [9.17, 15) is 8.42 Å². The monoisotopic (exact) mass is 228 g/mol. The second-order valence-electron chi connectivity index (χ2n) is 3.95. The topological polar surface area (TPSA) is 43.4 Å². The quantitative estimate of drug-likeness (QED) is 0.743. The van der Waals surface area contributed by atoms with Gasteiger partial charge in [-0.05, 0) is 25.0 Å². The molecule has 0 aromatic heterocycles. The minimum atomic E-state index is -3.57. The van der Waals surface area contributed by atoms with Crippen LogP contribution in [-0.2, 0) is 14.3 Å². The molecular formula is C11H16O3S. The van der Waals surface area contributed by atoms with Gasteiger partial charge in [-0.25, -0.2) is 0 Å². The Bertz CT molecular complexity index is 404. The van der Waals surface area contributed by atoms with Crippen LogP contribution in [0.1, 0.15) is 19.4 Å². The van der Waals surface area contributed by atoms with Crippen LogP contribution < -0.4 is 0 Å². The smallest absolute Gasteiger partial charge is 0.266 e. The summed E-state index contributed by atoms with van der Waals surface area (Å²) in [5, 5.41) is 0. The van der Waals surface area contributed by atoms with E-state index in [4.69, 9.17) is 4.18 Å². The molecule has 0 fully saturated rings. The van der Waals surface area contributed by atoms with E-state index in [0.29, 0.717) is 0 Å². The first kappa shape index (κ1) is 12.2. The summed E-state index contributed by atoms with van der Waals surface area (Å²) in [6, 6.07) is 6.63. The van der Waals surface area contributed by atoms with Crippen molar-refractivity contribution in [3.8, 4) is 0 Å². The lowest BCUT2D eigenvalue weighted by Gasteiger charge is -2.07. The first-order chi connectivity index (χ1) is 6.92. The summed E-state index contributed by atoms with van der Waals surface area (Å²) in [5.41, 5.74) is 1.03. The molecule has 0 N–H and O–H groups in total. The van der Waals surface area contributed by atoms with E-state index in [1.807, 2.05) is 20.8 Å². The van der Waals surface area contributed by atoms with Gasteiger partial charge in [-0.3, -0.25) is 4.18 Å². The summed E-state index contributed by atoms with van der Waals surface area (Å²) in [6.45, 7) is 5.94. The third kappa shape index (κ3) is 3.64. The molecule has 15 heavy (non-hydrogen) atoms. The Morgan fingerprint density at radius 2 is 1.73 bits per heavy atom. The van der Waals surface area contributed by atoms with Crippen LogP contribution in [0.15, 0.2) is 29.2 Å². The maximum Gasteiger partial charge on any atom is 0.296 e. The third-order valence-electron chi connectivity index (χ3n) is 1.87. The summed E-state index contributed by atoms with van der Waals surface area (Å²) in [5.74, 6) is 0.199. The lowest BCUT2D eigenvalue weighted by Crippen LogP contribution is -2.10. The maximum absolute atomic E-state index is 11.6. The number of rotatable bonds is 4. The standard InChI is InChI=1S/C11H16O3S/c1-9(2)8-14-15(12,13)11-6-4-10(3)5-7-11/h4-7,9H,8H2,1-3H3. The molecule has 1 aromatic rings. The highest BCUT2D eigenvalue weighted by Gasteiger charge is 2.14. The first-order valence-electron chi connectivity index (χ1n) is 4.88. The zero-order valence-electron chi connectivity index (χ0n) is 9.23. The summed E-state index contributed by atoms with van der Waals surface area (Å²) in [6.07, 6.45) is 0.